The van der Waals surface area contributed by atoms with Crippen LogP contribution in [-0.2, 0) is 19.6 Å². The Balaban J connectivity index is 1.29. The first-order chi connectivity index (χ1) is 15.2. The third-order valence-electron chi connectivity index (χ3n) is 6.19. The average molecular weight is 419 g/mol. The van der Waals surface area contributed by atoms with Crippen molar-refractivity contribution in [1.82, 2.24) is 35.0 Å². The van der Waals surface area contributed by atoms with Crippen LogP contribution in [-0.4, -0.2) is 55.2 Å². The number of likely N-dealkylation sites (tertiary alicyclic amines) is 1. The highest BCUT2D eigenvalue weighted by Gasteiger charge is 2.35. The summed E-state index contributed by atoms with van der Waals surface area (Å²) in [6.07, 6.45) is 2.59. The number of pyridine rings is 1. The predicted molar refractivity (Wildman–Crippen MR) is 113 cm³/mol. The topological polar surface area (TPSA) is 97.9 Å². The van der Waals surface area contributed by atoms with Crippen molar-refractivity contribution < 1.29 is 4.79 Å². The molecular formula is C22H25N7O2. The lowest BCUT2D eigenvalue weighted by atomic mass is 9.82. The Morgan fingerprint density at radius 1 is 1.10 bits per heavy atom. The van der Waals surface area contributed by atoms with Crippen molar-refractivity contribution in [3.8, 4) is 0 Å². The highest BCUT2D eigenvalue weighted by molar-refractivity contribution is 5.93. The molecule has 9 nitrogen and oxygen atoms in total. The van der Waals surface area contributed by atoms with Crippen molar-refractivity contribution in [2.45, 2.75) is 32.0 Å². The van der Waals surface area contributed by atoms with Gasteiger partial charge in [0.15, 0.2) is 0 Å². The van der Waals surface area contributed by atoms with Crippen molar-refractivity contribution in [2.75, 3.05) is 19.6 Å². The third kappa shape index (κ3) is 4.13. The van der Waals surface area contributed by atoms with E-state index in [9.17, 15) is 9.59 Å². The van der Waals surface area contributed by atoms with Crippen LogP contribution in [0.1, 0.15) is 34.0 Å². The second-order valence-corrected chi connectivity index (χ2v) is 8.39. The summed E-state index contributed by atoms with van der Waals surface area (Å²) in [5.41, 5.74) is 2.36. The van der Waals surface area contributed by atoms with Crippen LogP contribution in [0.5, 0.6) is 0 Å². The van der Waals surface area contributed by atoms with E-state index in [1.165, 1.54) is 16.6 Å². The molecule has 1 aromatic carbocycles. The van der Waals surface area contributed by atoms with Gasteiger partial charge in [-0.3, -0.25) is 14.5 Å². The summed E-state index contributed by atoms with van der Waals surface area (Å²) >= 11 is 0. The Morgan fingerprint density at radius 3 is 2.77 bits per heavy atom. The van der Waals surface area contributed by atoms with Gasteiger partial charge in [0.05, 0.1) is 6.54 Å². The van der Waals surface area contributed by atoms with Crippen LogP contribution in [0.4, 0.5) is 0 Å². The molecule has 0 spiro atoms. The number of benzene rings is 1. The lowest BCUT2D eigenvalue weighted by Gasteiger charge is -2.43. The minimum Gasteiger partial charge on any atom is -0.350 e. The van der Waals surface area contributed by atoms with Gasteiger partial charge in [-0.05, 0) is 40.5 Å². The fraction of sp³-hybridized carbons (Fsp3) is 0.409. The number of carbonyl (C=O) groups excluding carboxylic acids is 1. The molecule has 1 amide bonds. The molecule has 0 saturated carbocycles. The van der Waals surface area contributed by atoms with E-state index >= 15 is 0 Å². The Kier molecular flexibility index (Phi) is 5.33. The first-order valence-corrected chi connectivity index (χ1v) is 10.7. The number of carbonyl (C=O) groups is 1. The molecule has 5 rings (SSSR count). The largest absolute Gasteiger partial charge is 0.350 e. The molecule has 1 saturated heterocycles. The van der Waals surface area contributed by atoms with Crippen LogP contribution >= 0.6 is 0 Å². The van der Waals surface area contributed by atoms with Crippen molar-refractivity contribution in [3.05, 3.63) is 76.0 Å². The minimum absolute atomic E-state index is 0.191. The zero-order valence-electron chi connectivity index (χ0n) is 17.2. The van der Waals surface area contributed by atoms with Crippen LogP contribution in [0.2, 0.25) is 0 Å². The normalized spacial score (nSPS) is 20.3. The number of fused-ring (bicyclic) bond motifs is 4. The summed E-state index contributed by atoms with van der Waals surface area (Å²) in [5.74, 6) is 0.390. The SMILES string of the molecule is O=C(NCCn1cnnn1)c1ccc2n(c1=O)C[C@H]1C[C@@H]2CN(Cc2ccccc2)C1. The van der Waals surface area contributed by atoms with Gasteiger partial charge in [0, 0.05) is 44.3 Å². The number of aromatic nitrogens is 5. The maximum Gasteiger partial charge on any atom is 0.263 e. The number of nitrogens with one attached hydrogen (secondary N) is 1. The highest BCUT2D eigenvalue weighted by Crippen LogP contribution is 2.35. The summed E-state index contributed by atoms with van der Waals surface area (Å²) in [7, 11) is 0. The van der Waals surface area contributed by atoms with Crippen molar-refractivity contribution in [2.24, 2.45) is 5.92 Å². The molecule has 9 heteroatoms. The van der Waals surface area contributed by atoms with Gasteiger partial charge in [-0.15, -0.1) is 5.10 Å². The van der Waals surface area contributed by atoms with Gasteiger partial charge in [-0.2, -0.15) is 0 Å². The zero-order chi connectivity index (χ0) is 21.2. The Bertz CT molecular complexity index is 1110. The first kappa shape index (κ1) is 19.6. The van der Waals surface area contributed by atoms with E-state index in [0.29, 0.717) is 31.5 Å². The van der Waals surface area contributed by atoms with Gasteiger partial charge in [-0.25, -0.2) is 4.68 Å². The smallest absolute Gasteiger partial charge is 0.263 e. The van der Waals surface area contributed by atoms with E-state index in [2.05, 4.69) is 50.0 Å². The molecule has 0 aliphatic carbocycles. The second kappa shape index (κ2) is 8.43. The highest BCUT2D eigenvalue weighted by atomic mass is 16.2. The van der Waals surface area contributed by atoms with Crippen LogP contribution in [0, 0.1) is 5.92 Å². The maximum absolute atomic E-state index is 13.1. The van der Waals surface area contributed by atoms with Gasteiger partial charge in [-0.1, -0.05) is 30.3 Å². The minimum atomic E-state index is -0.352. The average Bonchev–Trinajstić information content (AvgIpc) is 3.29. The molecule has 4 heterocycles. The van der Waals surface area contributed by atoms with Crippen LogP contribution in [0.15, 0.2) is 53.6 Å². The number of tetrazole rings is 1. The number of hydrogen-bond donors (Lipinski definition) is 1. The molecule has 0 radical (unpaired) electrons. The summed E-state index contributed by atoms with van der Waals surface area (Å²) in [6, 6.07) is 14.1. The molecule has 31 heavy (non-hydrogen) atoms. The van der Waals surface area contributed by atoms with Crippen LogP contribution in [0.25, 0.3) is 0 Å². The lowest BCUT2D eigenvalue weighted by Crippen LogP contribution is -2.47. The lowest BCUT2D eigenvalue weighted by molar-refractivity contribution is 0.0944. The van der Waals surface area contributed by atoms with E-state index in [0.717, 1.165) is 31.7 Å². The van der Waals surface area contributed by atoms with Gasteiger partial charge < -0.3 is 9.88 Å². The molecule has 1 N–H and O–H groups in total. The summed E-state index contributed by atoms with van der Waals surface area (Å²) in [4.78, 5) is 28.2. The zero-order valence-corrected chi connectivity index (χ0v) is 17.2. The molecule has 3 aromatic rings. The number of piperidine rings is 1. The molecule has 2 aliphatic heterocycles. The van der Waals surface area contributed by atoms with Gasteiger partial charge in [0.25, 0.3) is 11.5 Å². The Morgan fingerprint density at radius 2 is 1.97 bits per heavy atom. The summed E-state index contributed by atoms with van der Waals surface area (Å²) in [6.45, 7) is 4.31. The summed E-state index contributed by atoms with van der Waals surface area (Å²) < 4.78 is 3.36. The van der Waals surface area contributed by atoms with E-state index in [1.54, 1.807) is 6.07 Å². The van der Waals surface area contributed by atoms with E-state index in [4.69, 9.17) is 0 Å². The van der Waals surface area contributed by atoms with E-state index in [-0.39, 0.29) is 17.0 Å². The Labute approximate surface area is 179 Å². The quantitative estimate of drug-likeness (QED) is 0.637. The number of rotatable bonds is 6. The third-order valence-corrected chi connectivity index (χ3v) is 6.19. The summed E-state index contributed by atoms with van der Waals surface area (Å²) in [5, 5.41) is 13.7. The fourth-order valence-electron chi connectivity index (χ4n) is 4.85. The van der Waals surface area contributed by atoms with Crippen molar-refractivity contribution in [1.29, 1.82) is 0 Å². The molecule has 2 aromatic heterocycles. The van der Waals surface area contributed by atoms with Crippen LogP contribution in [0.3, 0.4) is 0 Å². The van der Waals surface area contributed by atoms with Gasteiger partial charge in [0.1, 0.15) is 11.9 Å². The Hall–Kier alpha value is -3.33. The van der Waals surface area contributed by atoms with E-state index in [1.807, 2.05) is 16.7 Å². The predicted octanol–water partition coefficient (Wildman–Crippen LogP) is 0.884. The molecular weight excluding hydrogens is 394 g/mol. The maximum atomic E-state index is 13.1. The van der Waals surface area contributed by atoms with Crippen LogP contribution < -0.4 is 10.9 Å². The number of hydrogen-bond acceptors (Lipinski definition) is 6. The number of amides is 1. The van der Waals surface area contributed by atoms with Gasteiger partial charge >= 0.3 is 0 Å². The molecule has 160 valence electrons. The first-order valence-electron chi connectivity index (χ1n) is 10.7. The monoisotopic (exact) mass is 419 g/mol. The molecule has 1 fully saturated rings. The van der Waals surface area contributed by atoms with Crippen molar-refractivity contribution >= 4 is 5.91 Å². The molecule has 0 unspecified atom stereocenters. The van der Waals surface area contributed by atoms with Crippen molar-refractivity contribution in [3.63, 3.8) is 0 Å². The second-order valence-electron chi connectivity index (χ2n) is 8.39. The molecule has 2 atom stereocenters. The number of nitrogens with zero attached hydrogens (tertiary/aromatic N) is 6. The molecule has 2 bridgehead atoms. The molecule has 2 aliphatic rings. The standard InChI is InChI=1S/C22H25N7O2/c30-21(23-8-9-28-15-24-25-26-28)19-6-7-20-18-10-17(13-29(20)22(19)31)12-27(14-18)11-16-4-2-1-3-5-16/h1-7,15,17-18H,8-14H2,(H,23,30)/t17-,18+/m0/s1. The van der Waals surface area contributed by atoms with Gasteiger partial charge in [0.2, 0.25) is 0 Å². The van der Waals surface area contributed by atoms with E-state index < -0.39 is 0 Å². The fourth-order valence-corrected chi connectivity index (χ4v) is 4.85.